The summed E-state index contributed by atoms with van der Waals surface area (Å²) in [5, 5.41) is 23.5. The molecule has 0 radical (unpaired) electrons. The van der Waals surface area contributed by atoms with E-state index in [4.69, 9.17) is 11.6 Å². The molecule has 0 bridgehead atoms. The van der Waals surface area contributed by atoms with Crippen LogP contribution < -0.4 is 5.32 Å². The minimum Gasteiger partial charge on any atom is -0.389 e. The third kappa shape index (κ3) is 2.75. The summed E-state index contributed by atoms with van der Waals surface area (Å²) in [5.74, 6) is 0.640. The molecule has 9 heteroatoms. The number of aliphatic hydroxyl groups excluding tert-OH is 2. The smallest absolute Gasteiger partial charge is 0.226 e. The van der Waals surface area contributed by atoms with Gasteiger partial charge in [-0.25, -0.2) is 4.98 Å². The van der Waals surface area contributed by atoms with E-state index in [1.807, 2.05) is 6.92 Å². The molecular formula is C15H20ClN5O2S. The molecule has 4 rings (SSSR count). The van der Waals surface area contributed by atoms with E-state index >= 15 is 0 Å². The van der Waals surface area contributed by atoms with Crippen molar-refractivity contribution in [3.63, 3.8) is 0 Å². The summed E-state index contributed by atoms with van der Waals surface area (Å²) in [4.78, 5) is 13.1. The van der Waals surface area contributed by atoms with Gasteiger partial charge in [0, 0.05) is 11.3 Å². The number of fused-ring (bicyclic) bond motifs is 1. The Hall–Kier alpha value is -1.09. The van der Waals surface area contributed by atoms with E-state index in [-0.39, 0.29) is 15.9 Å². The summed E-state index contributed by atoms with van der Waals surface area (Å²) >= 11 is 7.61. The van der Waals surface area contributed by atoms with Crippen LogP contribution in [0.5, 0.6) is 0 Å². The van der Waals surface area contributed by atoms with Crippen molar-refractivity contribution in [1.82, 2.24) is 19.5 Å². The second-order valence-electron chi connectivity index (χ2n) is 6.50. The summed E-state index contributed by atoms with van der Waals surface area (Å²) in [6.07, 6.45) is 4.66. The van der Waals surface area contributed by atoms with Crippen LogP contribution in [0, 0.1) is 0 Å². The summed E-state index contributed by atoms with van der Waals surface area (Å²) in [5.41, 5.74) is 1.22. The van der Waals surface area contributed by atoms with E-state index in [0.717, 1.165) is 12.8 Å². The molecule has 2 aromatic rings. The molecule has 1 saturated carbocycles. The molecule has 24 heavy (non-hydrogen) atoms. The monoisotopic (exact) mass is 369 g/mol. The summed E-state index contributed by atoms with van der Waals surface area (Å²) < 4.78 is 1.78. The third-order valence-corrected chi connectivity index (χ3v) is 6.50. The number of aromatic nitrogens is 4. The molecule has 0 unspecified atom stereocenters. The highest BCUT2D eigenvalue weighted by Gasteiger charge is 2.41. The quantitative estimate of drug-likeness (QED) is 0.713. The Labute approximate surface area is 148 Å². The van der Waals surface area contributed by atoms with Gasteiger partial charge in [-0.3, -0.25) is 4.57 Å². The number of thioether (sulfide) groups is 1. The average Bonchev–Trinajstić information content (AvgIpc) is 3.25. The number of aliphatic hydroxyl groups is 2. The Morgan fingerprint density at radius 3 is 2.67 bits per heavy atom. The normalized spacial score (nSPS) is 31.2. The standard InChI is InChI=1S/C15H20ClN5O2S/c1-7-10(22)11(23)14(24-7)21-6-17-9-12(18-8-4-2-3-5-8)19-15(16)20-13(9)21/h6-8,10-11,14,22-23H,2-5H2,1H3,(H,18,19,20)/t7-,10-,11-,14+/m1/s1. The van der Waals surface area contributed by atoms with Crippen molar-refractivity contribution < 1.29 is 10.2 Å². The number of nitrogens with zero attached hydrogens (tertiary/aromatic N) is 4. The first-order chi connectivity index (χ1) is 11.5. The molecule has 3 heterocycles. The van der Waals surface area contributed by atoms with E-state index in [2.05, 4.69) is 20.3 Å². The number of halogens is 1. The molecule has 1 aliphatic heterocycles. The predicted molar refractivity (Wildman–Crippen MR) is 94.3 cm³/mol. The molecule has 2 aromatic heterocycles. The predicted octanol–water partition coefficient (Wildman–Crippen LogP) is 2.19. The van der Waals surface area contributed by atoms with Crippen LogP contribution in [-0.4, -0.2) is 53.2 Å². The molecule has 4 atom stereocenters. The van der Waals surface area contributed by atoms with Crippen molar-refractivity contribution in [2.45, 2.75) is 61.5 Å². The van der Waals surface area contributed by atoms with Gasteiger partial charge in [0.2, 0.25) is 5.28 Å². The first kappa shape index (κ1) is 16.4. The maximum Gasteiger partial charge on any atom is 0.226 e. The number of rotatable bonds is 3. The zero-order valence-electron chi connectivity index (χ0n) is 13.3. The molecule has 0 amide bonds. The van der Waals surface area contributed by atoms with E-state index in [1.165, 1.54) is 24.6 Å². The highest BCUT2D eigenvalue weighted by molar-refractivity contribution is 8.00. The van der Waals surface area contributed by atoms with Gasteiger partial charge in [0.1, 0.15) is 11.5 Å². The topological polar surface area (TPSA) is 96.1 Å². The summed E-state index contributed by atoms with van der Waals surface area (Å²) in [6, 6.07) is 0.387. The second kappa shape index (κ2) is 6.33. The van der Waals surface area contributed by atoms with Crippen LogP contribution in [0.1, 0.15) is 38.0 Å². The second-order valence-corrected chi connectivity index (χ2v) is 8.34. The van der Waals surface area contributed by atoms with Gasteiger partial charge in [-0.05, 0) is 24.4 Å². The lowest BCUT2D eigenvalue weighted by Crippen LogP contribution is -2.30. The van der Waals surface area contributed by atoms with Crippen molar-refractivity contribution in [2.75, 3.05) is 5.32 Å². The van der Waals surface area contributed by atoms with Gasteiger partial charge in [-0.1, -0.05) is 19.8 Å². The number of nitrogens with one attached hydrogen (secondary N) is 1. The maximum absolute atomic E-state index is 10.3. The molecule has 1 saturated heterocycles. The SMILES string of the molecule is C[C@H]1S[C@H](n2cnc3c(NC4CCCC4)nc(Cl)nc32)[C@H](O)[C@@H]1O. The Kier molecular flexibility index (Phi) is 4.32. The van der Waals surface area contributed by atoms with Crippen molar-refractivity contribution in [3.05, 3.63) is 11.6 Å². The Bertz CT molecular complexity index is 751. The van der Waals surface area contributed by atoms with E-state index < -0.39 is 12.2 Å². The van der Waals surface area contributed by atoms with Gasteiger partial charge >= 0.3 is 0 Å². The van der Waals surface area contributed by atoms with E-state index in [0.29, 0.717) is 23.0 Å². The lowest BCUT2D eigenvalue weighted by molar-refractivity contribution is 0.0206. The zero-order chi connectivity index (χ0) is 16.8. The molecule has 7 nitrogen and oxygen atoms in total. The number of hydrogen-bond acceptors (Lipinski definition) is 7. The Morgan fingerprint density at radius 1 is 1.25 bits per heavy atom. The zero-order valence-corrected chi connectivity index (χ0v) is 14.8. The minimum atomic E-state index is -0.873. The van der Waals surface area contributed by atoms with Crippen LogP contribution in [0.3, 0.4) is 0 Å². The maximum atomic E-state index is 10.3. The fraction of sp³-hybridized carbons (Fsp3) is 0.667. The highest BCUT2D eigenvalue weighted by Crippen LogP contribution is 2.43. The third-order valence-electron chi connectivity index (χ3n) is 4.84. The van der Waals surface area contributed by atoms with Gasteiger partial charge in [-0.2, -0.15) is 9.97 Å². The molecule has 2 fully saturated rings. The Morgan fingerprint density at radius 2 is 2.00 bits per heavy atom. The van der Waals surface area contributed by atoms with Gasteiger partial charge in [0.25, 0.3) is 0 Å². The molecule has 1 aliphatic carbocycles. The molecule has 130 valence electrons. The van der Waals surface area contributed by atoms with E-state index in [9.17, 15) is 10.2 Å². The van der Waals surface area contributed by atoms with Crippen molar-refractivity contribution in [1.29, 1.82) is 0 Å². The number of hydrogen-bond donors (Lipinski definition) is 3. The van der Waals surface area contributed by atoms with Crippen LogP contribution in [-0.2, 0) is 0 Å². The van der Waals surface area contributed by atoms with Gasteiger partial charge in [-0.15, -0.1) is 11.8 Å². The molecular weight excluding hydrogens is 350 g/mol. The van der Waals surface area contributed by atoms with Crippen LogP contribution in [0.2, 0.25) is 5.28 Å². The van der Waals surface area contributed by atoms with Gasteiger partial charge < -0.3 is 15.5 Å². The highest BCUT2D eigenvalue weighted by atomic mass is 35.5. The lowest BCUT2D eigenvalue weighted by Gasteiger charge is -2.17. The molecule has 2 aliphatic rings. The minimum absolute atomic E-state index is 0.0594. The van der Waals surface area contributed by atoms with Crippen molar-refractivity contribution >= 4 is 40.3 Å². The van der Waals surface area contributed by atoms with Crippen LogP contribution >= 0.6 is 23.4 Å². The largest absolute Gasteiger partial charge is 0.389 e. The van der Waals surface area contributed by atoms with Crippen molar-refractivity contribution in [2.24, 2.45) is 0 Å². The number of anilines is 1. The van der Waals surface area contributed by atoms with Crippen LogP contribution in [0.25, 0.3) is 11.2 Å². The van der Waals surface area contributed by atoms with Crippen molar-refractivity contribution in [3.8, 4) is 0 Å². The molecule has 3 N–H and O–H groups in total. The van der Waals surface area contributed by atoms with Crippen LogP contribution in [0.4, 0.5) is 5.82 Å². The fourth-order valence-electron chi connectivity index (χ4n) is 3.50. The van der Waals surface area contributed by atoms with Crippen LogP contribution in [0.15, 0.2) is 6.33 Å². The molecule has 0 aromatic carbocycles. The molecule has 0 spiro atoms. The fourth-order valence-corrected chi connectivity index (χ4v) is 5.03. The first-order valence-electron chi connectivity index (χ1n) is 8.23. The number of imidazole rings is 1. The van der Waals surface area contributed by atoms with Gasteiger partial charge in [0.05, 0.1) is 12.4 Å². The van der Waals surface area contributed by atoms with E-state index in [1.54, 1.807) is 10.9 Å². The van der Waals surface area contributed by atoms with Gasteiger partial charge in [0.15, 0.2) is 17.0 Å². The first-order valence-corrected chi connectivity index (χ1v) is 9.55. The Balaban J connectivity index is 1.72. The lowest BCUT2D eigenvalue weighted by atomic mass is 10.1. The average molecular weight is 370 g/mol. The summed E-state index contributed by atoms with van der Waals surface area (Å²) in [6.45, 7) is 1.90. The summed E-state index contributed by atoms with van der Waals surface area (Å²) in [7, 11) is 0.